The minimum Gasteiger partial charge on any atom is -0.344 e. The Morgan fingerprint density at radius 1 is 1.13 bits per heavy atom. The van der Waals surface area contributed by atoms with Crippen molar-refractivity contribution in [1.29, 1.82) is 0 Å². The molecule has 2 saturated carbocycles. The van der Waals surface area contributed by atoms with Crippen LogP contribution in [0, 0.1) is 6.92 Å². The number of carbonyl (C=O) groups is 1. The molecular formula is C24H34ClN3OS. The van der Waals surface area contributed by atoms with Crippen LogP contribution in [-0.4, -0.2) is 39.9 Å². The minimum absolute atomic E-state index is 0.0697. The number of halogens is 1. The molecule has 1 heterocycles. The summed E-state index contributed by atoms with van der Waals surface area (Å²) in [5.41, 5.74) is 1.80. The molecule has 6 heteroatoms. The highest BCUT2D eigenvalue weighted by Gasteiger charge is 2.37. The molecule has 0 aromatic heterocycles. The summed E-state index contributed by atoms with van der Waals surface area (Å²) in [5, 5.41) is 4.96. The zero-order valence-electron chi connectivity index (χ0n) is 18.0. The first-order valence-corrected chi connectivity index (χ1v) is 13.0. The molecule has 4 rings (SSSR count). The highest BCUT2D eigenvalue weighted by molar-refractivity contribution is 8.14. The number of hydrogen-bond acceptors (Lipinski definition) is 3. The molecule has 4 nitrogen and oxygen atoms in total. The molecule has 30 heavy (non-hydrogen) atoms. The smallest absolute Gasteiger partial charge is 0.226 e. The molecule has 1 aliphatic heterocycles. The van der Waals surface area contributed by atoms with Gasteiger partial charge < -0.3 is 10.2 Å². The molecule has 2 aliphatic carbocycles. The van der Waals surface area contributed by atoms with E-state index in [1.165, 1.54) is 69.4 Å². The highest BCUT2D eigenvalue weighted by atomic mass is 35.5. The van der Waals surface area contributed by atoms with E-state index in [-0.39, 0.29) is 11.9 Å². The van der Waals surface area contributed by atoms with Gasteiger partial charge in [-0.25, -0.2) is 0 Å². The van der Waals surface area contributed by atoms with Crippen LogP contribution in [-0.2, 0) is 4.79 Å². The number of nitrogens with zero attached hydrogens (tertiary/aromatic N) is 2. The van der Waals surface area contributed by atoms with Gasteiger partial charge in [0.1, 0.15) is 0 Å². The summed E-state index contributed by atoms with van der Waals surface area (Å²) in [6.07, 6.45) is 13.3. The zero-order valence-corrected chi connectivity index (χ0v) is 19.6. The lowest BCUT2D eigenvalue weighted by Gasteiger charge is -2.37. The standard InChI is InChI=1S/C24H34ClN3OS/c1-17-12-13-19(14-22(17)25)26-23(29)15-21-16-30-24(27-18-8-4-2-5-9-18)28(21)20-10-6-3-7-11-20/h12-14,18,20-21H,2-11,15-16H2,1H3,(H,26,29). The van der Waals surface area contributed by atoms with Crippen molar-refractivity contribution in [2.75, 3.05) is 11.1 Å². The highest BCUT2D eigenvalue weighted by Crippen LogP contribution is 2.35. The van der Waals surface area contributed by atoms with E-state index >= 15 is 0 Å². The van der Waals surface area contributed by atoms with Crippen molar-refractivity contribution in [3.63, 3.8) is 0 Å². The van der Waals surface area contributed by atoms with Gasteiger partial charge in [0, 0.05) is 35.0 Å². The van der Waals surface area contributed by atoms with E-state index in [0.717, 1.165) is 17.0 Å². The molecular weight excluding hydrogens is 414 g/mol. The Morgan fingerprint density at radius 3 is 2.53 bits per heavy atom. The second-order valence-corrected chi connectivity index (χ2v) is 10.5. The Labute approximate surface area is 190 Å². The van der Waals surface area contributed by atoms with Gasteiger partial charge in [-0.15, -0.1) is 0 Å². The zero-order chi connectivity index (χ0) is 20.9. The van der Waals surface area contributed by atoms with Crippen molar-refractivity contribution in [3.8, 4) is 0 Å². The van der Waals surface area contributed by atoms with E-state index in [2.05, 4.69) is 10.2 Å². The Bertz CT molecular complexity index is 772. The topological polar surface area (TPSA) is 44.7 Å². The van der Waals surface area contributed by atoms with Crippen molar-refractivity contribution in [2.45, 2.75) is 95.7 Å². The maximum Gasteiger partial charge on any atom is 0.226 e. The summed E-state index contributed by atoms with van der Waals surface area (Å²) in [6.45, 7) is 1.97. The molecule has 3 aliphatic rings. The normalized spacial score (nSPS) is 25.1. The Balaban J connectivity index is 1.45. The minimum atomic E-state index is 0.0697. The fourth-order valence-corrected chi connectivity index (χ4v) is 6.49. The molecule has 164 valence electrons. The maximum absolute atomic E-state index is 12.9. The van der Waals surface area contributed by atoms with Crippen molar-refractivity contribution >= 4 is 40.1 Å². The fraction of sp³-hybridized carbons (Fsp3) is 0.667. The van der Waals surface area contributed by atoms with Crippen molar-refractivity contribution in [1.82, 2.24) is 4.90 Å². The summed E-state index contributed by atoms with van der Waals surface area (Å²) in [6, 6.07) is 6.98. The predicted molar refractivity (Wildman–Crippen MR) is 129 cm³/mol. The summed E-state index contributed by atoms with van der Waals surface area (Å²) in [7, 11) is 0. The van der Waals surface area contributed by atoms with Crippen molar-refractivity contribution in [2.24, 2.45) is 4.99 Å². The third kappa shape index (κ3) is 5.53. The first kappa shape index (κ1) is 22.0. The van der Waals surface area contributed by atoms with Gasteiger partial charge in [-0.3, -0.25) is 9.79 Å². The fourth-order valence-electron chi connectivity index (χ4n) is 5.02. The van der Waals surface area contributed by atoms with E-state index in [9.17, 15) is 4.79 Å². The van der Waals surface area contributed by atoms with E-state index < -0.39 is 0 Å². The van der Waals surface area contributed by atoms with E-state index in [1.54, 1.807) is 0 Å². The molecule has 1 saturated heterocycles. The number of amides is 1. The van der Waals surface area contributed by atoms with Gasteiger partial charge in [0.05, 0.1) is 6.04 Å². The predicted octanol–water partition coefficient (Wildman–Crippen LogP) is 6.42. The molecule has 1 amide bonds. The molecule has 3 fully saturated rings. The first-order chi connectivity index (χ1) is 14.6. The molecule has 1 N–H and O–H groups in total. The Hall–Kier alpha value is -1.20. The van der Waals surface area contributed by atoms with Gasteiger partial charge in [0.15, 0.2) is 5.17 Å². The van der Waals surface area contributed by atoms with Crippen LogP contribution >= 0.6 is 23.4 Å². The average molecular weight is 448 g/mol. The van der Waals surface area contributed by atoms with E-state index in [4.69, 9.17) is 16.6 Å². The van der Waals surface area contributed by atoms with Gasteiger partial charge in [-0.05, 0) is 50.3 Å². The number of carbonyl (C=O) groups excluding carboxylic acids is 1. The molecule has 1 aromatic rings. The average Bonchev–Trinajstić information content (AvgIpc) is 3.14. The molecule has 1 atom stereocenters. The number of amidine groups is 1. The van der Waals surface area contributed by atoms with Crippen LogP contribution in [0.2, 0.25) is 5.02 Å². The first-order valence-electron chi connectivity index (χ1n) is 11.6. The quantitative estimate of drug-likeness (QED) is 0.566. The van der Waals surface area contributed by atoms with Crippen LogP contribution in [0.5, 0.6) is 0 Å². The number of aryl methyl sites for hydroxylation is 1. The van der Waals surface area contributed by atoms with Crippen LogP contribution in [0.25, 0.3) is 0 Å². The summed E-state index contributed by atoms with van der Waals surface area (Å²) >= 11 is 8.10. The second-order valence-electron chi connectivity index (χ2n) is 9.08. The number of hydrogen-bond donors (Lipinski definition) is 1. The number of benzene rings is 1. The molecule has 1 unspecified atom stereocenters. The number of thioether (sulfide) groups is 1. The van der Waals surface area contributed by atoms with Gasteiger partial charge >= 0.3 is 0 Å². The van der Waals surface area contributed by atoms with Gasteiger partial charge in [-0.1, -0.05) is 68.0 Å². The SMILES string of the molecule is Cc1ccc(NC(=O)CC2CSC(=NC3CCCCC3)N2C2CCCCC2)cc1Cl. The Kier molecular flexibility index (Phi) is 7.64. The van der Waals surface area contributed by atoms with E-state index in [0.29, 0.717) is 23.5 Å². The van der Waals surface area contributed by atoms with Crippen LogP contribution < -0.4 is 5.32 Å². The Morgan fingerprint density at radius 2 is 1.83 bits per heavy atom. The van der Waals surface area contributed by atoms with Crippen LogP contribution in [0.15, 0.2) is 23.2 Å². The van der Waals surface area contributed by atoms with E-state index in [1.807, 2.05) is 36.9 Å². The van der Waals surface area contributed by atoms with Gasteiger partial charge in [0.2, 0.25) is 5.91 Å². The van der Waals surface area contributed by atoms with Crippen LogP contribution in [0.3, 0.4) is 0 Å². The van der Waals surface area contributed by atoms with Crippen molar-refractivity contribution < 1.29 is 4.79 Å². The summed E-state index contributed by atoms with van der Waals surface area (Å²) in [4.78, 5) is 20.6. The third-order valence-corrected chi connectivity index (χ3v) is 8.26. The molecule has 0 bridgehead atoms. The van der Waals surface area contributed by atoms with Crippen molar-refractivity contribution in [3.05, 3.63) is 28.8 Å². The number of anilines is 1. The molecule has 0 spiro atoms. The summed E-state index contributed by atoms with van der Waals surface area (Å²) < 4.78 is 0. The van der Waals surface area contributed by atoms with Gasteiger partial charge in [0.25, 0.3) is 0 Å². The number of rotatable bonds is 5. The number of nitrogens with one attached hydrogen (secondary N) is 1. The summed E-state index contributed by atoms with van der Waals surface area (Å²) in [5.74, 6) is 1.03. The third-order valence-electron chi connectivity index (χ3n) is 6.73. The molecule has 0 radical (unpaired) electrons. The largest absolute Gasteiger partial charge is 0.344 e. The van der Waals surface area contributed by atoms with Crippen LogP contribution in [0.1, 0.15) is 76.2 Å². The van der Waals surface area contributed by atoms with Crippen LogP contribution in [0.4, 0.5) is 5.69 Å². The van der Waals surface area contributed by atoms with Gasteiger partial charge in [-0.2, -0.15) is 0 Å². The maximum atomic E-state index is 12.9. The second kappa shape index (κ2) is 10.4. The molecule has 1 aromatic carbocycles. The lowest BCUT2D eigenvalue weighted by molar-refractivity contribution is -0.117. The lowest BCUT2D eigenvalue weighted by atomic mass is 9.93. The lowest BCUT2D eigenvalue weighted by Crippen LogP contribution is -2.45. The number of aliphatic imine (C=N–C) groups is 1. The monoisotopic (exact) mass is 447 g/mol.